The topological polar surface area (TPSA) is 102 Å². The lowest BCUT2D eigenvalue weighted by molar-refractivity contribution is -0.543. The maximum atomic E-state index is 14.0. The molecule has 7 nitrogen and oxygen atoms in total. The molecule has 1 aromatic rings. The molecule has 2 unspecified atom stereocenters. The molecule has 2 atom stereocenters. The third-order valence-electron chi connectivity index (χ3n) is 3.96. The molecular weight excluding hydrogens is 608 g/mol. The first-order valence-electron chi connectivity index (χ1n) is 8.70. The van der Waals surface area contributed by atoms with Gasteiger partial charge in [0, 0.05) is 0 Å². The molecule has 39 heavy (non-hydrogen) atoms. The molecule has 0 heterocycles. The van der Waals surface area contributed by atoms with E-state index in [0.717, 1.165) is 0 Å². The van der Waals surface area contributed by atoms with Gasteiger partial charge >= 0.3 is 60.8 Å². The summed E-state index contributed by atoms with van der Waals surface area (Å²) in [5, 5.41) is 17.7. The molecule has 0 saturated carbocycles. The number of hydrogen-bond acceptors (Lipinski definition) is 5. The summed E-state index contributed by atoms with van der Waals surface area (Å²) in [6, 6.07) is 1.09. The molecular formula is C16H6F16O7. The van der Waals surface area contributed by atoms with Crippen molar-refractivity contribution in [1.82, 2.24) is 0 Å². The number of ether oxygens (including phenoxy) is 3. The van der Waals surface area contributed by atoms with E-state index in [1.54, 1.807) is 0 Å². The van der Waals surface area contributed by atoms with Gasteiger partial charge in [0.1, 0.15) is 11.1 Å². The van der Waals surface area contributed by atoms with Gasteiger partial charge in [-0.05, 0) is 12.1 Å². The molecule has 23 heteroatoms. The molecule has 0 spiro atoms. The van der Waals surface area contributed by atoms with Crippen molar-refractivity contribution >= 4 is 11.9 Å². The fourth-order valence-corrected chi connectivity index (χ4v) is 2.13. The lowest BCUT2D eigenvalue weighted by atomic mass is 10.1. The van der Waals surface area contributed by atoms with Crippen LogP contribution in [0.15, 0.2) is 18.2 Å². The minimum absolute atomic E-state index is 0.274. The molecule has 224 valence electrons. The van der Waals surface area contributed by atoms with E-state index >= 15 is 0 Å². The summed E-state index contributed by atoms with van der Waals surface area (Å²) in [4.78, 5) is 22.1. The standard InChI is InChI=1S/C16H6F16O7/c17-9(10(18,19)37-6-4(7(33)34)2-1-3-5(6)8(35)36)38-16(31,32)12(22,14(26,27)28)39-15(29,30)11(20,21)13(23,24)25/h1-3,9H,(H,33,34)(H,35,36). The number of aromatic carboxylic acids is 2. The average Bonchev–Trinajstić information content (AvgIpc) is 2.70. The summed E-state index contributed by atoms with van der Waals surface area (Å²) in [6.07, 6.45) is -42.9. The van der Waals surface area contributed by atoms with Gasteiger partial charge in [0.2, 0.25) is 0 Å². The van der Waals surface area contributed by atoms with Crippen LogP contribution < -0.4 is 4.74 Å². The molecule has 1 aromatic carbocycles. The minimum Gasteiger partial charge on any atom is -0.478 e. The highest BCUT2D eigenvalue weighted by atomic mass is 19.4. The quantitative estimate of drug-likeness (QED) is 0.295. The highest BCUT2D eigenvalue weighted by Crippen LogP contribution is 2.55. The van der Waals surface area contributed by atoms with Crippen LogP contribution >= 0.6 is 0 Å². The molecule has 0 aromatic heterocycles. The maximum absolute atomic E-state index is 14.0. The predicted octanol–water partition coefficient (Wildman–Crippen LogP) is 5.99. The smallest absolute Gasteiger partial charge is 0.462 e. The summed E-state index contributed by atoms with van der Waals surface area (Å²) in [5.41, 5.74) is -3.19. The summed E-state index contributed by atoms with van der Waals surface area (Å²) in [5.74, 6) is -22.5. The molecule has 0 aliphatic carbocycles. The monoisotopic (exact) mass is 614 g/mol. The summed E-state index contributed by atoms with van der Waals surface area (Å²) < 4.78 is 217. The minimum atomic E-state index is -7.93. The van der Waals surface area contributed by atoms with Crippen molar-refractivity contribution < 1.29 is 104 Å². The Morgan fingerprint density at radius 1 is 0.692 bits per heavy atom. The Balaban J connectivity index is 3.53. The van der Waals surface area contributed by atoms with E-state index in [4.69, 9.17) is 10.2 Å². The van der Waals surface area contributed by atoms with E-state index in [1.165, 1.54) is 4.74 Å². The number of carbonyl (C=O) groups is 2. The van der Waals surface area contributed by atoms with Gasteiger partial charge in [0.25, 0.3) is 0 Å². The second kappa shape index (κ2) is 10.1. The summed E-state index contributed by atoms with van der Waals surface area (Å²) in [7, 11) is 0. The Morgan fingerprint density at radius 3 is 1.44 bits per heavy atom. The SMILES string of the molecule is O=C(O)c1cccc(C(=O)O)c1OC(F)(F)C(F)OC(F)(F)C(F)(OC(F)(F)C(F)(F)C(F)(F)F)C(F)(F)F. The van der Waals surface area contributed by atoms with Crippen molar-refractivity contribution in [3.05, 3.63) is 29.3 Å². The number of rotatable bonds is 11. The lowest BCUT2D eigenvalue weighted by Gasteiger charge is -2.38. The van der Waals surface area contributed by atoms with E-state index < -0.39 is 77.6 Å². The molecule has 1 rings (SSSR count). The second-order valence-corrected chi connectivity index (χ2v) is 6.69. The van der Waals surface area contributed by atoms with Crippen LogP contribution in [0.25, 0.3) is 0 Å². The van der Waals surface area contributed by atoms with Gasteiger partial charge in [0.05, 0.1) is 0 Å². The molecule has 0 aliphatic rings. The number of para-hydroxylation sites is 1. The zero-order valence-corrected chi connectivity index (χ0v) is 17.3. The van der Waals surface area contributed by atoms with Crippen molar-refractivity contribution in [2.45, 2.75) is 48.8 Å². The normalized spacial score (nSPS) is 16.4. The van der Waals surface area contributed by atoms with Crippen LogP contribution in [0, 0.1) is 0 Å². The lowest BCUT2D eigenvalue weighted by Crippen LogP contribution is -2.66. The van der Waals surface area contributed by atoms with Crippen LogP contribution in [0.4, 0.5) is 70.2 Å². The van der Waals surface area contributed by atoms with E-state index in [0.29, 0.717) is 6.07 Å². The van der Waals surface area contributed by atoms with Gasteiger partial charge < -0.3 is 14.9 Å². The fourth-order valence-electron chi connectivity index (χ4n) is 2.13. The van der Waals surface area contributed by atoms with Crippen LogP contribution in [0.1, 0.15) is 20.7 Å². The molecule has 0 bridgehead atoms. The van der Waals surface area contributed by atoms with Crippen LogP contribution in [0.2, 0.25) is 0 Å². The van der Waals surface area contributed by atoms with E-state index in [1.807, 2.05) is 0 Å². The molecule has 2 N–H and O–H groups in total. The van der Waals surface area contributed by atoms with Gasteiger partial charge in [-0.3, -0.25) is 9.47 Å². The zero-order valence-electron chi connectivity index (χ0n) is 17.3. The van der Waals surface area contributed by atoms with Crippen LogP contribution in [0.3, 0.4) is 0 Å². The first-order valence-corrected chi connectivity index (χ1v) is 8.70. The predicted molar refractivity (Wildman–Crippen MR) is 83.8 cm³/mol. The van der Waals surface area contributed by atoms with Crippen molar-refractivity contribution in [2.75, 3.05) is 0 Å². The van der Waals surface area contributed by atoms with Crippen molar-refractivity contribution in [2.24, 2.45) is 0 Å². The van der Waals surface area contributed by atoms with Gasteiger partial charge in [-0.1, -0.05) is 6.07 Å². The third kappa shape index (κ3) is 6.33. The molecule has 0 fully saturated rings. The Labute approximate surface area is 201 Å². The van der Waals surface area contributed by atoms with Gasteiger partial charge in [-0.15, -0.1) is 0 Å². The zero-order chi connectivity index (χ0) is 31.2. The number of alkyl halides is 16. The average molecular weight is 614 g/mol. The molecule has 0 amide bonds. The number of halogens is 16. The first kappa shape index (κ1) is 33.8. The van der Waals surface area contributed by atoms with E-state index in [-0.39, 0.29) is 12.1 Å². The van der Waals surface area contributed by atoms with Gasteiger partial charge in [0.15, 0.2) is 5.75 Å². The van der Waals surface area contributed by atoms with Crippen molar-refractivity contribution in [3.8, 4) is 5.75 Å². The second-order valence-electron chi connectivity index (χ2n) is 6.69. The Bertz CT molecular complexity index is 1050. The highest BCUT2D eigenvalue weighted by molar-refractivity contribution is 5.98. The third-order valence-corrected chi connectivity index (χ3v) is 3.96. The first-order chi connectivity index (χ1) is 17.1. The molecule has 0 radical (unpaired) electrons. The molecule has 0 aliphatic heterocycles. The molecule has 0 saturated heterocycles. The van der Waals surface area contributed by atoms with Gasteiger partial charge in [-0.25, -0.2) is 14.0 Å². The van der Waals surface area contributed by atoms with Crippen molar-refractivity contribution in [3.63, 3.8) is 0 Å². The summed E-state index contributed by atoms with van der Waals surface area (Å²) >= 11 is 0. The number of carboxylic acid groups (broad SMARTS) is 2. The van der Waals surface area contributed by atoms with Crippen molar-refractivity contribution in [1.29, 1.82) is 0 Å². The highest BCUT2D eigenvalue weighted by Gasteiger charge is 2.84. The number of benzene rings is 1. The van der Waals surface area contributed by atoms with Crippen LogP contribution in [0.5, 0.6) is 5.75 Å². The number of hydrogen-bond donors (Lipinski definition) is 2. The largest absolute Gasteiger partial charge is 0.478 e. The van der Waals surface area contributed by atoms with E-state index in [2.05, 4.69) is 9.47 Å². The fraction of sp³-hybridized carbons (Fsp3) is 0.500. The Kier molecular flexibility index (Phi) is 8.71. The number of carboxylic acids is 2. The van der Waals surface area contributed by atoms with Crippen LogP contribution in [-0.2, 0) is 9.47 Å². The van der Waals surface area contributed by atoms with E-state index in [9.17, 15) is 79.8 Å². The van der Waals surface area contributed by atoms with Crippen LogP contribution in [-0.4, -0.2) is 71.0 Å². The van der Waals surface area contributed by atoms with Gasteiger partial charge in [-0.2, -0.15) is 65.9 Å². The Hall–Kier alpha value is -3.24. The Morgan fingerprint density at radius 2 is 1.10 bits per heavy atom. The maximum Gasteiger partial charge on any atom is 0.462 e. The summed E-state index contributed by atoms with van der Waals surface area (Å²) in [6.45, 7) is 0.